The molecule has 2 aromatic carbocycles. The first-order valence-corrected chi connectivity index (χ1v) is 8.18. The smallest absolute Gasteiger partial charge is 0.0240 e. The van der Waals surface area contributed by atoms with E-state index in [1.807, 2.05) is 0 Å². The van der Waals surface area contributed by atoms with Gasteiger partial charge in [-0.3, -0.25) is 0 Å². The molecule has 0 amide bonds. The van der Waals surface area contributed by atoms with Crippen molar-refractivity contribution in [2.24, 2.45) is 5.92 Å². The Bertz CT molecular complexity index is 491. The SMILES string of the molecule is CC(NCC1CCC1)C(c1ccccc1)c1ccccc1. The molecule has 0 spiro atoms. The maximum atomic E-state index is 3.78. The monoisotopic (exact) mass is 279 g/mol. The Morgan fingerprint density at radius 2 is 1.43 bits per heavy atom. The summed E-state index contributed by atoms with van der Waals surface area (Å²) in [6.07, 6.45) is 4.23. The molecule has 110 valence electrons. The van der Waals surface area contributed by atoms with Crippen molar-refractivity contribution in [3.05, 3.63) is 71.8 Å². The van der Waals surface area contributed by atoms with Crippen LogP contribution >= 0.6 is 0 Å². The molecular weight excluding hydrogens is 254 g/mol. The fourth-order valence-corrected chi connectivity index (χ4v) is 3.26. The molecule has 0 aliphatic heterocycles. The van der Waals surface area contributed by atoms with E-state index in [0.717, 1.165) is 12.5 Å². The molecule has 0 radical (unpaired) electrons. The van der Waals surface area contributed by atoms with E-state index in [0.29, 0.717) is 12.0 Å². The largest absolute Gasteiger partial charge is 0.313 e. The first kappa shape index (κ1) is 14.3. The van der Waals surface area contributed by atoms with Gasteiger partial charge in [-0.2, -0.15) is 0 Å². The van der Waals surface area contributed by atoms with E-state index in [1.54, 1.807) is 0 Å². The van der Waals surface area contributed by atoms with Gasteiger partial charge in [0.1, 0.15) is 0 Å². The van der Waals surface area contributed by atoms with Gasteiger partial charge in [0.15, 0.2) is 0 Å². The fourth-order valence-electron chi connectivity index (χ4n) is 3.26. The van der Waals surface area contributed by atoms with Crippen LogP contribution in [0.4, 0.5) is 0 Å². The summed E-state index contributed by atoms with van der Waals surface area (Å²) in [6, 6.07) is 22.2. The van der Waals surface area contributed by atoms with Crippen molar-refractivity contribution < 1.29 is 0 Å². The van der Waals surface area contributed by atoms with E-state index in [9.17, 15) is 0 Å². The quantitative estimate of drug-likeness (QED) is 0.815. The average Bonchev–Trinajstić information content (AvgIpc) is 2.48. The molecule has 1 N–H and O–H groups in total. The van der Waals surface area contributed by atoms with Crippen LogP contribution < -0.4 is 5.32 Å². The van der Waals surface area contributed by atoms with Gasteiger partial charge in [0.05, 0.1) is 0 Å². The minimum absolute atomic E-state index is 0.424. The van der Waals surface area contributed by atoms with Crippen LogP contribution in [0.3, 0.4) is 0 Å². The Labute approximate surface area is 128 Å². The standard InChI is InChI=1S/C20H25N/c1-16(21-15-17-9-8-10-17)20(18-11-4-2-5-12-18)19-13-6-3-7-14-19/h2-7,11-14,16-17,20-21H,8-10,15H2,1H3. The average molecular weight is 279 g/mol. The van der Waals surface area contributed by atoms with E-state index in [2.05, 4.69) is 72.9 Å². The summed E-state index contributed by atoms with van der Waals surface area (Å²) in [4.78, 5) is 0. The molecule has 1 unspecified atom stereocenters. The fraction of sp³-hybridized carbons (Fsp3) is 0.400. The molecule has 21 heavy (non-hydrogen) atoms. The first-order chi connectivity index (χ1) is 10.3. The lowest BCUT2D eigenvalue weighted by atomic mass is 9.83. The number of benzene rings is 2. The zero-order valence-corrected chi connectivity index (χ0v) is 12.8. The van der Waals surface area contributed by atoms with Gasteiger partial charge in [-0.25, -0.2) is 0 Å². The van der Waals surface area contributed by atoms with Crippen molar-refractivity contribution in [1.82, 2.24) is 5.32 Å². The molecule has 0 aromatic heterocycles. The second kappa shape index (κ2) is 6.91. The summed E-state index contributed by atoms with van der Waals surface area (Å²) in [5.41, 5.74) is 2.80. The molecule has 1 saturated carbocycles. The van der Waals surface area contributed by atoms with Crippen molar-refractivity contribution in [3.8, 4) is 0 Å². The minimum Gasteiger partial charge on any atom is -0.313 e. The van der Waals surface area contributed by atoms with Crippen LogP contribution in [-0.2, 0) is 0 Å². The summed E-state index contributed by atoms with van der Waals surface area (Å²) >= 11 is 0. The maximum Gasteiger partial charge on any atom is 0.0240 e. The molecule has 1 nitrogen and oxygen atoms in total. The molecule has 1 aliphatic rings. The molecule has 0 bridgehead atoms. The van der Waals surface area contributed by atoms with Crippen LogP contribution in [0.2, 0.25) is 0 Å². The highest BCUT2D eigenvalue weighted by molar-refractivity contribution is 5.34. The number of rotatable bonds is 6. The van der Waals surface area contributed by atoms with Crippen LogP contribution in [-0.4, -0.2) is 12.6 Å². The van der Waals surface area contributed by atoms with Crippen molar-refractivity contribution >= 4 is 0 Å². The van der Waals surface area contributed by atoms with Crippen LogP contribution in [0.25, 0.3) is 0 Å². The minimum atomic E-state index is 0.424. The Morgan fingerprint density at radius 1 is 0.905 bits per heavy atom. The van der Waals surface area contributed by atoms with Crippen LogP contribution in [0.5, 0.6) is 0 Å². The lowest BCUT2D eigenvalue weighted by molar-refractivity contribution is 0.287. The Kier molecular flexibility index (Phi) is 4.72. The van der Waals surface area contributed by atoms with Gasteiger partial charge < -0.3 is 5.32 Å². The summed E-state index contributed by atoms with van der Waals surface area (Å²) < 4.78 is 0. The number of hydrogen-bond donors (Lipinski definition) is 1. The normalized spacial score (nSPS) is 16.7. The van der Waals surface area contributed by atoms with E-state index in [4.69, 9.17) is 0 Å². The Hall–Kier alpha value is -1.60. The molecule has 1 aliphatic carbocycles. The van der Waals surface area contributed by atoms with E-state index < -0.39 is 0 Å². The zero-order chi connectivity index (χ0) is 14.5. The third kappa shape index (κ3) is 3.54. The predicted molar refractivity (Wildman–Crippen MR) is 89.5 cm³/mol. The highest BCUT2D eigenvalue weighted by Gasteiger charge is 2.23. The van der Waals surface area contributed by atoms with E-state index >= 15 is 0 Å². The van der Waals surface area contributed by atoms with Gasteiger partial charge >= 0.3 is 0 Å². The molecular formula is C20H25N. The van der Waals surface area contributed by atoms with Crippen LogP contribution in [0, 0.1) is 5.92 Å². The van der Waals surface area contributed by atoms with Gasteiger partial charge in [-0.05, 0) is 43.4 Å². The molecule has 2 aromatic rings. The van der Waals surface area contributed by atoms with Gasteiger partial charge in [0, 0.05) is 12.0 Å². The topological polar surface area (TPSA) is 12.0 Å². The summed E-state index contributed by atoms with van der Waals surface area (Å²) in [5, 5.41) is 3.78. The summed E-state index contributed by atoms with van der Waals surface area (Å²) in [5.74, 6) is 1.33. The summed E-state index contributed by atoms with van der Waals surface area (Å²) in [6.45, 7) is 3.49. The lowest BCUT2D eigenvalue weighted by Gasteiger charge is -2.31. The number of hydrogen-bond acceptors (Lipinski definition) is 1. The molecule has 3 rings (SSSR count). The van der Waals surface area contributed by atoms with Crippen molar-refractivity contribution in [2.75, 3.05) is 6.54 Å². The lowest BCUT2D eigenvalue weighted by Crippen LogP contribution is -2.37. The molecule has 0 heterocycles. The highest BCUT2D eigenvalue weighted by Crippen LogP contribution is 2.29. The zero-order valence-electron chi connectivity index (χ0n) is 12.8. The second-order valence-corrected chi connectivity index (χ2v) is 6.29. The summed E-state index contributed by atoms with van der Waals surface area (Å²) in [7, 11) is 0. The van der Waals surface area contributed by atoms with E-state index in [-0.39, 0.29) is 0 Å². The van der Waals surface area contributed by atoms with Gasteiger partial charge in [-0.1, -0.05) is 67.1 Å². The van der Waals surface area contributed by atoms with Gasteiger partial charge in [0.25, 0.3) is 0 Å². The number of nitrogens with one attached hydrogen (secondary N) is 1. The second-order valence-electron chi connectivity index (χ2n) is 6.29. The van der Waals surface area contributed by atoms with Crippen molar-refractivity contribution in [2.45, 2.75) is 38.1 Å². The molecule has 1 heteroatoms. The first-order valence-electron chi connectivity index (χ1n) is 8.18. The molecule has 1 fully saturated rings. The van der Waals surface area contributed by atoms with Gasteiger partial charge in [-0.15, -0.1) is 0 Å². The predicted octanol–water partition coefficient (Wildman–Crippen LogP) is 4.60. The van der Waals surface area contributed by atoms with Gasteiger partial charge in [0.2, 0.25) is 0 Å². The third-order valence-electron chi connectivity index (χ3n) is 4.77. The Morgan fingerprint density at radius 3 is 1.86 bits per heavy atom. The van der Waals surface area contributed by atoms with Crippen molar-refractivity contribution in [3.63, 3.8) is 0 Å². The van der Waals surface area contributed by atoms with E-state index in [1.165, 1.54) is 30.4 Å². The maximum absolute atomic E-state index is 3.78. The van der Waals surface area contributed by atoms with Crippen molar-refractivity contribution in [1.29, 1.82) is 0 Å². The Balaban J connectivity index is 1.78. The van der Waals surface area contributed by atoms with Crippen LogP contribution in [0.15, 0.2) is 60.7 Å². The molecule has 0 saturated heterocycles. The molecule has 1 atom stereocenters. The van der Waals surface area contributed by atoms with Crippen LogP contribution in [0.1, 0.15) is 43.2 Å². The highest BCUT2D eigenvalue weighted by atomic mass is 14.9. The third-order valence-corrected chi connectivity index (χ3v) is 4.77.